The minimum Gasteiger partial charge on any atom is -0.393 e. The molecule has 176 valence electrons. The van der Waals surface area contributed by atoms with Gasteiger partial charge in [-0.1, -0.05) is 53.7 Å². The molecule has 1 nitrogen and oxygen atoms in total. The van der Waals surface area contributed by atoms with E-state index in [1.54, 1.807) is 0 Å². The summed E-state index contributed by atoms with van der Waals surface area (Å²) in [5.41, 5.74) is 3.66. The van der Waals surface area contributed by atoms with Gasteiger partial charge < -0.3 is 5.11 Å². The standard InChI is InChI=1S/C30H50O/c1-19(2)21-9-13-26(4)17-18-30(8)28(6)15-10-22-20(3)23(31)11-14-27(22,5)24(28)12-16-29(30,7)25(21)26/h20-25,31H,1,9-18H2,2-8H3/t20-,21-,22?,23+,24+,25-,26+,27-,28+,29+,30-/m0/s1. The lowest BCUT2D eigenvalue weighted by Crippen LogP contribution is -2.68. The van der Waals surface area contributed by atoms with Crippen LogP contribution < -0.4 is 0 Å². The van der Waals surface area contributed by atoms with Gasteiger partial charge in [-0.15, -0.1) is 0 Å². The Labute approximate surface area is 192 Å². The molecule has 0 aromatic rings. The summed E-state index contributed by atoms with van der Waals surface area (Å²) < 4.78 is 0. The molecule has 0 aromatic carbocycles. The van der Waals surface area contributed by atoms with Crippen molar-refractivity contribution in [2.24, 2.45) is 56.7 Å². The molecule has 0 aromatic heterocycles. The van der Waals surface area contributed by atoms with Crippen LogP contribution in [0.25, 0.3) is 0 Å². The first-order chi connectivity index (χ1) is 14.3. The summed E-state index contributed by atoms with van der Waals surface area (Å²) in [5.74, 6) is 3.55. The third kappa shape index (κ3) is 2.54. The summed E-state index contributed by atoms with van der Waals surface area (Å²) in [6, 6.07) is 0. The molecule has 1 heteroatoms. The molecule has 0 bridgehead atoms. The number of aliphatic hydroxyl groups is 1. The number of rotatable bonds is 1. The Morgan fingerprint density at radius 3 is 2.16 bits per heavy atom. The summed E-state index contributed by atoms with van der Waals surface area (Å²) in [6.45, 7) is 22.7. The van der Waals surface area contributed by atoms with Gasteiger partial charge >= 0.3 is 0 Å². The summed E-state index contributed by atoms with van der Waals surface area (Å²) in [7, 11) is 0. The predicted molar refractivity (Wildman–Crippen MR) is 131 cm³/mol. The maximum atomic E-state index is 10.7. The molecule has 11 atom stereocenters. The van der Waals surface area contributed by atoms with Crippen LogP contribution in [0.15, 0.2) is 12.2 Å². The average Bonchev–Trinajstić information content (AvgIpc) is 3.06. The highest BCUT2D eigenvalue weighted by molar-refractivity contribution is 5.24. The molecule has 5 aliphatic rings. The molecule has 5 rings (SSSR count). The molecule has 0 spiro atoms. The number of aliphatic hydroxyl groups excluding tert-OH is 1. The Morgan fingerprint density at radius 2 is 1.48 bits per heavy atom. The summed E-state index contributed by atoms with van der Waals surface area (Å²) in [6.07, 6.45) is 13.3. The molecule has 5 saturated carbocycles. The number of allylic oxidation sites excluding steroid dienone is 1. The van der Waals surface area contributed by atoms with E-state index in [4.69, 9.17) is 0 Å². The first-order valence-electron chi connectivity index (χ1n) is 13.7. The fourth-order valence-corrected chi connectivity index (χ4v) is 11.8. The minimum absolute atomic E-state index is 0.0722. The number of hydrogen-bond acceptors (Lipinski definition) is 1. The number of fused-ring (bicyclic) bond motifs is 7. The van der Waals surface area contributed by atoms with Crippen LogP contribution in [0.3, 0.4) is 0 Å². The van der Waals surface area contributed by atoms with E-state index in [1.165, 1.54) is 63.4 Å². The predicted octanol–water partition coefficient (Wildman–Crippen LogP) is 8.02. The third-order valence-corrected chi connectivity index (χ3v) is 13.8. The zero-order valence-corrected chi connectivity index (χ0v) is 21.7. The van der Waals surface area contributed by atoms with E-state index in [9.17, 15) is 5.11 Å². The van der Waals surface area contributed by atoms with E-state index in [0.29, 0.717) is 38.9 Å². The summed E-state index contributed by atoms with van der Waals surface area (Å²) in [4.78, 5) is 0. The SMILES string of the molecule is C=C(C)[C@@H]1CC[C@]2(C)CC[C@@]3(C)[C@]4(C)CCC5[C@H](C)[C@H](O)CC[C@]5(C)[C@H]4CC[C@]3(C)[C@@H]12. The van der Waals surface area contributed by atoms with Crippen molar-refractivity contribution in [3.05, 3.63) is 12.2 Å². The van der Waals surface area contributed by atoms with Crippen LogP contribution >= 0.6 is 0 Å². The first kappa shape index (κ1) is 22.5. The summed E-state index contributed by atoms with van der Waals surface area (Å²) in [5, 5.41) is 10.7. The van der Waals surface area contributed by atoms with Crippen LogP contribution in [-0.4, -0.2) is 11.2 Å². The van der Waals surface area contributed by atoms with Crippen molar-refractivity contribution >= 4 is 0 Å². The maximum absolute atomic E-state index is 10.7. The zero-order valence-electron chi connectivity index (χ0n) is 21.7. The lowest BCUT2D eigenvalue weighted by molar-refractivity contribution is -0.268. The van der Waals surface area contributed by atoms with Crippen LogP contribution in [0.2, 0.25) is 0 Å². The van der Waals surface area contributed by atoms with Crippen molar-refractivity contribution in [1.29, 1.82) is 0 Å². The average molecular weight is 427 g/mol. The largest absolute Gasteiger partial charge is 0.393 e. The molecule has 1 unspecified atom stereocenters. The van der Waals surface area contributed by atoms with Gasteiger partial charge in [-0.25, -0.2) is 0 Å². The molecule has 0 radical (unpaired) electrons. The van der Waals surface area contributed by atoms with Crippen LogP contribution in [0.1, 0.15) is 113 Å². The second kappa shape index (κ2) is 6.64. The highest BCUT2D eigenvalue weighted by Crippen LogP contribution is 2.80. The molecule has 1 N–H and O–H groups in total. The third-order valence-electron chi connectivity index (χ3n) is 13.8. The van der Waals surface area contributed by atoms with E-state index in [2.05, 4.69) is 55.0 Å². The van der Waals surface area contributed by atoms with Crippen LogP contribution in [0, 0.1) is 56.7 Å². The smallest absolute Gasteiger partial charge is 0.0568 e. The van der Waals surface area contributed by atoms with Gasteiger partial charge in [0.2, 0.25) is 0 Å². The van der Waals surface area contributed by atoms with Gasteiger partial charge in [0.25, 0.3) is 0 Å². The van der Waals surface area contributed by atoms with Gasteiger partial charge in [0, 0.05) is 0 Å². The molecule has 0 heterocycles. The highest BCUT2D eigenvalue weighted by Gasteiger charge is 2.73. The van der Waals surface area contributed by atoms with Gasteiger partial charge in [0.05, 0.1) is 6.10 Å². The second-order valence-electron chi connectivity index (χ2n) is 14.5. The van der Waals surface area contributed by atoms with Crippen LogP contribution in [0.4, 0.5) is 0 Å². The van der Waals surface area contributed by atoms with Crippen molar-refractivity contribution in [1.82, 2.24) is 0 Å². The Kier molecular flexibility index (Phi) is 4.82. The van der Waals surface area contributed by atoms with Crippen molar-refractivity contribution in [2.45, 2.75) is 119 Å². The second-order valence-corrected chi connectivity index (χ2v) is 14.5. The van der Waals surface area contributed by atoms with E-state index in [0.717, 1.165) is 24.2 Å². The maximum Gasteiger partial charge on any atom is 0.0568 e. The lowest BCUT2D eigenvalue weighted by atomic mass is 9.29. The molecule has 0 aliphatic heterocycles. The van der Waals surface area contributed by atoms with Crippen molar-refractivity contribution < 1.29 is 5.11 Å². The van der Waals surface area contributed by atoms with E-state index in [1.807, 2.05) is 0 Å². The summed E-state index contributed by atoms with van der Waals surface area (Å²) >= 11 is 0. The van der Waals surface area contributed by atoms with Crippen molar-refractivity contribution in [3.8, 4) is 0 Å². The lowest BCUT2D eigenvalue weighted by Gasteiger charge is -2.75. The Morgan fingerprint density at radius 1 is 0.806 bits per heavy atom. The quantitative estimate of drug-likeness (QED) is 0.421. The van der Waals surface area contributed by atoms with Gasteiger partial charge in [0.1, 0.15) is 0 Å². The zero-order chi connectivity index (χ0) is 22.6. The van der Waals surface area contributed by atoms with Crippen LogP contribution in [-0.2, 0) is 0 Å². The molecule has 31 heavy (non-hydrogen) atoms. The molecular weight excluding hydrogens is 376 g/mol. The normalized spacial score (nSPS) is 61.0. The van der Waals surface area contributed by atoms with E-state index in [-0.39, 0.29) is 6.10 Å². The molecule has 5 aliphatic carbocycles. The van der Waals surface area contributed by atoms with Crippen molar-refractivity contribution in [3.63, 3.8) is 0 Å². The molecule has 0 saturated heterocycles. The Bertz CT molecular complexity index is 770. The molecular formula is C30H50O. The van der Waals surface area contributed by atoms with E-state index >= 15 is 0 Å². The monoisotopic (exact) mass is 426 g/mol. The van der Waals surface area contributed by atoms with Gasteiger partial charge in [-0.3, -0.25) is 0 Å². The van der Waals surface area contributed by atoms with Gasteiger partial charge in [-0.05, 0) is 128 Å². The Balaban J connectivity index is 1.58. The number of hydrogen-bond donors (Lipinski definition) is 1. The molecule has 5 fully saturated rings. The molecule has 0 amide bonds. The van der Waals surface area contributed by atoms with Gasteiger partial charge in [0.15, 0.2) is 0 Å². The van der Waals surface area contributed by atoms with Gasteiger partial charge in [-0.2, -0.15) is 0 Å². The Hall–Kier alpha value is -0.300. The topological polar surface area (TPSA) is 20.2 Å². The minimum atomic E-state index is -0.0722. The fourth-order valence-electron chi connectivity index (χ4n) is 11.8. The first-order valence-corrected chi connectivity index (χ1v) is 13.7. The van der Waals surface area contributed by atoms with Crippen LogP contribution in [0.5, 0.6) is 0 Å². The fraction of sp³-hybridized carbons (Fsp3) is 0.933. The van der Waals surface area contributed by atoms with Crippen molar-refractivity contribution in [2.75, 3.05) is 0 Å². The van der Waals surface area contributed by atoms with E-state index < -0.39 is 0 Å². The highest BCUT2D eigenvalue weighted by atomic mass is 16.3.